The zero-order valence-electron chi connectivity index (χ0n) is 16.0. The lowest BCUT2D eigenvalue weighted by molar-refractivity contribution is -0.127. The van der Waals surface area contributed by atoms with Gasteiger partial charge in [-0.1, -0.05) is 12.8 Å². The van der Waals surface area contributed by atoms with Crippen molar-refractivity contribution < 1.29 is 9.53 Å². The third-order valence-electron chi connectivity index (χ3n) is 5.56. The zero-order valence-corrected chi connectivity index (χ0v) is 16.0. The van der Waals surface area contributed by atoms with Gasteiger partial charge in [-0.15, -0.1) is 6.42 Å². The number of piperidine rings is 2. The minimum absolute atomic E-state index is 0.158. The van der Waals surface area contributed by atoms with Crippen LogP contribution in [0.1, 0.15) is 39.5 Å². The first-order valence-corrected chi connectivity index (χ1v) is 9.90. The fourth-order valence-corrected chi connectivity index (χ4v) is 3.97. The monoisotopic (exact) mass is 349 g/mol. The second kappa shape index (κ2) is 10.8. The molecule has 0 bridgehead atoms. The van der Waals surface area contributed by atoms with Gasteiger partial charge in [0.15, 0.2) is 0 Å². The maximum absolute atomic E-state index is 12.6. The fraction of sp³-hybridized carbons (Fsp3) is 0.850. The van der Waals surface area contributed by atoms with Gasteiger partial charge in [0.1, 0.15) is 0 Å². The van der Waals surface area contributed by atoms with Gasteiger partial charge in [-0.05, 0) is 51.6 Å². The fourth-order valence-electron chi connectivity index (χ4n) is 3.97. The van der Waals surface area contributed by atoms with Gasteiger partial charge >= 0.3 is 0 Å². The van der Waals surface area contributed by atoms with Crippen molar-refractivity contribution in [1.29, 1.82) is 0 Å². The van der Waals surface area contributed by atoms with Gasteiger partial charge in [0.25, 0.3) is 0 Å². The zero-order chi connectivity index (χ0) is 18.1. The summed E-state index contributed by atoms with van der Waals surface area (Å²) >= 11 is 0. The van der Waals surface area contributed by atoms with E-state index < -0.39 is 0 Å². The molecule has 0 aromatic carbocycles. The molecule has 5 heteroatoms. The van der Waals surface area contributed by atoms with Gasteiger partial charge in [0.2, 0.25) is 5.91 Å². The molecule has 0 radical (unpaired) electrons. The Morgan fingerprint density at radius 1 is 1.24 bits per heavy atom. The molecule has 1 N–H and O–H groups in total. The van der Waals surface area contributed by atoms with Crippen molar-refractivity contribution in [1.82, 2.24) is 15.1 Å². The number of amides is 1. The highest BCUT2D eigenvalue weighted by atomic mass is 16.5. The first-order valence-electron chi connectivity index (χ1n) is 9.90. The van der Waals surface area contributed by atoms with Crippen LogP contribution in [0.15, 0.2) is 0 Å². The van der Waals surface area contributed by atoms with Crippen molar-refractivity contribution in [2.45, 2.75) is 45.6 Å². The molecule has 2 aliphatic heterocycles. The van der Waals surface area contributed by atoms with E-state index in [9.17, 15) is 4.79 Å². The molecule has 2 heterocycles. The third kappa shape index (κ3) is 6.62. The number of likely N-dealkylation sites (tertiary alicyclic amines) is 2. The summed E-state index contributed by atoms with van der Waals surface area (Å²) in [5, 5.41) is 3.33. The minimum atomic E-state index is 0.158. The molecule has 0 aliphatic carbocycles. The van der Waals surface area contributed by atoms with Crippen LogP contribution >= 0.6 is 0 Å². The van der Waals surface area contributed by atoms with Crippen molar-refractivity contribution in [3.63, 3.8) is 0 Å². The molecule has 0 unspecified atom stereocenters. The summed E-state index contributed by atoms with van der Waals surface area (Å²) in [5.74, 6) is 3.61. The molecule has 2 aliphatic rings. The Morgan fingerprint density at radius 2 is 1.96 bits per heavy atom. The standard InChI is InChI=1S/C20H35N3O2/c1-4-10-22-12-7-18(8-13-22)20(24)21-19-9-14-23(16-17(19)3)11-6-15-25-5-2/h1,17-19H,5-16H2,2-3H3,(H,21,24)/t17-,19-/m1/s1. The lowest BCUT2D eigenvalue weighted by Crippen LogP contribution is -2.52. The topological polar surface area (TPSA) is 44.8 Å². The van der Waals surface area contributed by atoms with E-state index in [1.807, 2.05) is 6.92 Å². The van der Waals surface area contributed by atoms with E-state index in [4.69, 9.17) is 11.2 Å². The molecular weight excluding hydrogens is 314 g/mol. The maximum atomic E-state index is 12.6. The van der Waals surface area contributed by atoms with E-state index in [1.54, 1.807) is 0 Å². The molecular formula is C20H35N3O2. The average Bonchev–Trinajstić information content (AvgIpc) is 2.62. The Morgan fingerprint density at radius 3 is 2.60 bits per heavy atom. The molecule has 2 fully saturated rings. The number of nitrogens with zero attached hydrogens (tertiary/aromatic N) is 2. The Hall–Kier alpha value is -1.09. The summed E-state index contributed by atoms with van der Waals surface area (Å²) in [6.07, 6.45) is 9.37. The Kier molecular flexibility index (Phi) is 8.74. The first kappa shape index (κ1) is 20.2. The van der Waals surface area contributed by atoms with Crippen molar-refractivity contribution in [3.8, 4) is 12.3 Å². The van der Waals surface area contributed by atoms with Gasteiger partial charge in [-0.3, -0.25) is 9.69 Å². The van der Waals surface area contributed by atoms with E-state index in [0.29, 0.717) is 18.5 Å². The van der Waals surface area contributed by atoms with Gasteiger partial charge in [-0.2, -0.15) is 0 Å². The van der Waals surface area contributed by atoms with Crippen LogP contribution in [0.2, 0.25) is 0 Å². The third-order valence-corrected chi connectivity index (χ3v) is 5.56. The number of carbonyl (C=O) groups excluding carboxylic acids is 1. The summed E-state index contributed by atoms with van der Waals surface area (Å²) in [6, 6.07) is 0.319. The highest BCUT2D eigenvalue weighted by Gasteiger charge is 2.30. The number of rotatable bonds is 8. The first-order chi connectivity index (χ1) is 12.1. The Bertz CT molecular complexity index is 441. The predicted molar refractivity (Wildman–Crippen MR) is 101 cm³/mol. The number of ether oxygens (including phenoxy) is 1. The van der Waals surface area contributed by atoms with E-state index in [0.717, 1.165) is 71.6 Å². The molecule has 142 valence electrons. The summed E-state index contributed by atoms with van der Waals surface area (Å²) in [4.78, 5) is 17.4. The van der Waals surface area contributed by atoms with E-state index in [-0.39, 0.29) is 11.8 Å². The molecule has 0 saturated carbocycles. The second-order valence-electron chi connectivity index (χ2n) is 7.49. The van der Waals surface area contributed by atoms with Crippen molar-refractivity contribution in [3.05, 3.63) is 0 Å². The van der Waals surface area contributed by atoms with Gasteiger partial charge in [0, 0.05) is 44.8 Å². The lowest BCUT2D eigenvalue weighted by atomic mass is 9.91. The number of terminal acetylenes is 1. The van der Waals surface area contributed by atoms with Crippen molar-refractivity contribution >= 4 is 5.91 Å². The number of carbonyl (C=O) groups is 1. The highest BCUT2D eigenvalue weighted by Crippen LogP contribution is 2.21. The molecule has 2 rings (SSSR count). The van der Waals surface area contributed by atoms with E-state index in [2.05, 4.69) is 28.0 Å². The molecule has 1 amide bonds. The van der Waals surface area contributed by atoms with Gasteiger partial charge in [-0.25, -0.2) is 0 Å². The maximum Gasteiger partial charge on any atom is 0.223 e. The molecule has 2 atom stereocenters. The normalized spacial score (nSPS) is 26.3. The molecule has 5 nitrogen and oxygen atoms in total. The SMILES string of the molecule is C#CCN1CCC(C(=O)N[C@@H]2CCN(CCCOCC)C[C@H]2C)CC1. The number of nitrogens with one attached hydrogen (secondary N) is 1. The van der Waals surface area contributed by atoms with Crippen LogP contribution in [0.5, 0.6) is 0 Å². The molecule has 0 aromatic rings. The van der Waals surface area contributed by atoms with Crippen LogP contribution < -0.4 is 5.32 Å². The Balaban J connectivity index is 1.67. The van der Waals surface area contributed by atoms with Crippen molar-refractivity contribution in [2.75, 3.05) is 52.5 Å². The Labute approximate surface area is 153 Å². The van der Waals surface area contributed by atoms with Crippen LogP contribution in [-0.2, 0) is 9.53 Å². The summed E-state index contributed by atoms with van der Waals surface area (Å²) in [6.45, 7) is 11.8. The molecule has 2 saturated heterocycles. The van der Waals surface area contributed by atoms with E-state index >= 15 is 0 Å². The lowest BCUT2D eigenvalue weighted by Gasteiger charge is -2.38. The quantitative estimate of drug-likeness (QED) is 0.534. The highest BCUT2D eigenvalue weighted by molar-refractivity contribution is 5.79. The second-order valence-corrected chi connectivity index (χ2v) is 7.49. The smallest absolute Gasteiger partial charge is 0.223 e. The van der Waals surface area contributed by atoms with Crippen LogP contribution in [0.25, 0.3) is 0 Å². The van der Waals surface area contributed by atoms with Crippen LogP contribution in [0, 0.1) is 24.2 Å². The molecule has 25 heavy (non-hydrogen) atoms. The number of hydrogen-bond donors (Lipinski definition) is 1. The predicted octanol–water partition coefficient (Wildman–Crippen LogP) is 1.58. The minimum Gasteiger partial charge on any atom is -0.382 e. The van der Waals surface area contributed by atoms with E-state index in [1.165, 1.54) is 0 Å². The van der Waals surface area contributed by atoms with Gasteiger partial charge < -0.3 is 15.0 Å². The molecule has 0 spiro atoms. The van der Waals surface area contributed by atoms with Crippen LogP contribution in [0.3, 0.4) is 0 Å². The molecule has 0 aromatic heterocycles. The largest absolute Gasteiger partial charge is 0.382 e. The summed E-state index contributed by atoms with van der Waals surface area (Å²) < 4.78 is 5.42. The summed E-state index contributed by atoms with van der Waals surface area (Å²) in [7, 11) is 0. The summed E-state index contributed by atoms with van der Waals surface area (Å²) in [5.41, 5.74) is 0. The van der Waals surface area contributed by atoms with Crippen molar-refractivity contribution in [2.24, 2.45) is 11.8 Å². The van der Waals surface area contributed by atoms with Crippen LogP contribution in [-0.4, -0.2) is 74.2 Å². The average molecular weight is 350 g/mol. The van der Waals surface area contributed by atoms with Crippen LogP contribution in [0.4, 0.5) is 0 Å². The number of hydrogen-bond acceptors (Lipinski definition) is 4. The van der Waals surface area contributed by atoms with Gasteiger partial charge in [0.05, 0.1) is 6.54 Å².